The van der Waals surface area contributed by atoms with Gasteiger partial charge in [-0.2, -0.15) is 0 Å². The average molecular weight is 454 g/mol. The third-order valence-electron chi connectivity index (χ3n) is 4.47. The number of ether oxygens (including phenoxy) is 1. The normalized spacial score (nSPS) is 12.4. The number of hydrogen-bond acceptors (Lipinski definition) is 4. The second-order valence-corrected chi connectivity index (χ2v) is 9.92. The molecule has 7 heteroatoms. The Morgan fingerprint density at radius 2 is 1.42 bits per heavy atom. The molecule has 0 aromatic heterocycles. The first kappa shape index (κ1) is 25.9. The molecule has 2 N–H and O–H groups in total. The molecule has 1 atom stereocenters. The first-order valence-corrected chi connectivity index (χ1v) is 11.0. The lowest BCUT2D eigenvalue weighted by Gasteiger charge is -2.34. The smallest absolute Gasteiger partial charge is 0.408 e. The van der Waals surface area contributed by atoms with Crippen molar-refractivity contribution in [3.8, 4) is 0 Å². The first-order chi connectivity index (χ1) is 15.4. The minimum atomic E-state index is -0.876. The van der Waals surface area contributed by atoms with Crippen LogP contribution in [0.15, 0.2) is 60.7 Å². The summed E-state index contributed by atoms with van der Waals surface area (Å²) in [6.45, 7) is 10.8. The van der Waals surface area contributed by atoms with E-state index in [1.165, 1.54) is 4.90 Å². The topological polar surface area (TPSA) is 87.7 Å². The summed E-state index contributed by atoms with van der Waals surface area (Å²) in [6, 6.07) is 17.7. The number of rotatable bonds is 7. The Bertz CT molecular complexity index is 932. The number of hydrogen-bond donors (Lipinski definition) is 2. The fourth-order valence-corrected chi connectivity index (χ4v) is 3.21. The van der Waals surface area contributed by atoms with Gasteiger partial charge in [0.15, 0.2) is 0 Å². The van der Waals surface area contributed by atoms with Gasteiger partial charge >= 0.3 is 6.09 Å². The zero-order valence-electron chi connectivity index (χ0n) is 20.3. The van der Waals surface area contributed by atoms with Gasteiger partial charge in [-0.1, -0.05) is 60.7 Å². The van der Waals surface area contributed by atoms with Crippen molar-refractivity contribution in [1.29, 1.82) is 0 Å². The molecular weight excluding hydrogens is 418 g/mol. The Morgan fingerprint density at radius 1 is 0.879 bits per heavy atom. The SMILES string of the molecule is CC(C)(C)NC(=O)C(c1ccccc1)N(Cc1ccccc1)C(=O)CNC(=O)OC(C)(C)C. The Balaban J connectivity index is 2.37. The Morgan fingerprint density at radius 3 is 1.94 bits per heavy atom. The zero-order chi connectivity index (χ0) is 24.6. The van der Waals surface area contributed by atoms with Crippen molar-refractivity contribution < 1.29 is 19.1 Å². The van der Waals surface area contributed by atoms with Gasteiger partial charge in [0.2, 0.25) is 11.8 Å². The average Bonchev–Trinajstić information content (AvgIpc) is 2.70. The van der Waals surface area contributed by atoms with Crippen LogP contribution in [0.1, 0.15) is 58.7 Å². The fourth-order valence-electron chi connectivity index (χ4n) is 3.21. The third kappa shape index (κ3) is 8.96. The molecule has 178 valence electrons. The van der Waals surface area contributed by atoms with Gasteiger partial charge in [0, 0.05) is 12.1 Å². The molecule has 0 saturated carbocycles. The molecule has 0 aliphatic heterocycles. The number of carbonyl (C=O) groups excluding carboxylic acids is 3. The van der Waals surface area contributed by atoms with Crippen LogP contribution in [0.2, 0.25) is 0 Å². The summed E-state index contributed by atoms with van der Waals surface area (Å²) in [4.78, 5) is 40.4. The lowest BCUT2D eigenvalue weighted by molar-refractivity contribution is -0.141. The number of carbonyl (C=O) groups is 3. The van der Waals surface area contributed by atoms with Gasteiger partial charge in [-0.15, -0.1) is 0 Å². The van der Waals surface area contributed by atoms with Crippen LogP contribution in [-0.2, 0) is 20.9 Å². The molecule has 0 aliphatic carbocycles. The van der Waals surface area contributed by atoms with Crippen LogP contribution >= 0.6 is 0 Å². The summed E-state index contributed by atoms with van der Waals surface area (Å²) in [5.41, 5.74) is 0.379. The summed E-state index contributed by atoms with van der Waals surface area (Å²) in [5.74, 6) is -0.696. The predicted octanol–water partition coefficient (Wildman–Crippen LogP) is 4.20. The summed E-state index contributed by atoms with van der Waals surface area (Å²) in [6.07, 6.45) is -0.689. The van der Waals surface area contributed by atoms with Crippen molar-refractivity contribution in [2.24, 2.45) is 0 Å². The minimum Gasteiger partial charge on any atom is -0.444 e. The van der Waals surface area contributed by atoms with Gasteiger partial charge in [0.1, 0.15) is 18.2 Å². The standard InChI is InChI=1S/C26H35N3O4/c1-25(2,3)28-23(31)22(20-15-11-8-12-16-20)29(18-19-13-9-7-10-14-19)21(30)17-27-24(32)33-26(4,5)6/h7-16,22H,17-18H2,1-6H3,(H,27,32)(H,28,31). The Kier molecular flexibility index (Phi) is 8.63. The molecule has 2 aromatic rings. The molecule has 2 rings (SSSR count). The van der Waals surface area contributed by atoms with Crippen molar-refractivity contribution in [2.45, 2.75) is 65.3 Å². The summed E-state index contributed by atoms with van der Waals surface area (Å²) >= 11 is 0. The van der Waals surface area contributed by atoms with Crippen LogP contribution < -0.4 is 10.6 Å². The Labute approximate surface area is 196 Å². The predicted molar refractivity (Wildman–Crippen MR) is 128 cm³/mol. The van der Waals surface area contributed by atoms with Gasteiger partial charge in [-0.05, 0) is 52.7 Å². The second-order valence-electron chi connectivity index (χ2n) is 9.92. The van der Waals surface area contributed by atoms with Crippen LogP contribution in [0.25, 0.3) is 0 Å². The van der Waals surface area contributed by atoms with Crippen LogP contribution in [0.4, 0.5) is 4.79 Å². The molecule has 0 saturated heterocycles. The van der Waals surface area contributed by atoms with Crippen molar-refractivity contribution in [1.82, 2.24) is 15.5 Å². The molecule has 7 nitrogen and oxygen atoms in total. The van der Waals surface area contributed by atoms with Gasteiger partial charge in [-0.3, -0.25) is 9.59 Å². The zero-order valence-corrected chi connectivity index (χ0v) is 20.3. The van der Waals surface area contributed by atoms with Crippen LogP contribution in [0.5, 0.6) is 0 Å². The summed E-state index contributed by atoms with van der Waals surface area (Å²) < 4.78 is 5.24. The third-order valence-corrected chi connectivity index (χ3v) is 4.47. The maximum Gasteiger partial charge on any atom is 0.408 e. The number of amides is 3. The number of benzene rings is 2. The lowest BCUT2D eigenvalue weighted by Crippen LogP contribution is -2.51. The highest BCUT2D eigenvalue weighted by molar-refractivity contribution is 5.90. The van der Waals surface area contributed by atoms with Gasteiger partial charge in [0.05, 0.1) is 0 Å². The molecular formula is C26H35N3O4. The summed E-state index contributed by atoms with van der Waals surface area (Å²) in [5, 5.41) is 5.50. The highest BCUT2D eigenvalue weighted by Gasteiger charge is 2.33. The van der Waals surface area contributed by atoms with E-state index in [2.05, 4.69) is 10.6 Å². The van der Waals surface area contributed by atoms with Crippen LogP contribution in [0, 0.1) is 0 Å². The number of nitrogens with one attached hydrogen (secondary N) is 2. The maximum absolute atomic E-state index is 13.4. The first-order valence-electron chi connectivity index (χ1n) is 11.0. The van der Waals surface area contributed by atoms with E-state index in [-0.39, 0.29) is 19.0 Å². The molecule has 0 fully saturated rings. The molecule has 2 aromatic carbocycles. The largest absolute Gasteiger partial charge is 0.444 e. The quantitative estimate of drug-likeness (QED) is 0.658. The maximum atomic E-state index is 13.4. The highest BCUT2D eigenvalue weighted by Crippen LogP contribution is 2.25. The molecule has 1 unspecified atom stereocenters. The number of nitrogens with zero attached hydrogens (tertiary/aromatic N) is 1. The Hall–Kier alpha value is -3.35. The van der Waals surface area contributed by atoms with Gasteiger partial charge in [0.25, 0.3) is 0 Å². The van der Waals surface area contributed by atoms with Crippen LogP contribution in [0.3, 0.4) is 0 Å². The highest BCUT2D eigenvalue weighted by atomic mass is 16.6. The molecule has 33 heavy (non-hydrogen) atoms. The monoisotopic (exact) mass is 453 g/mol. The van der Waals surface area contributed by atoms with E-state index in [1.54, 1.807) is 20.8 Å². The minimum absolute atomic E-state index is 0.201. The second kappa shape index (κ2) is 11.0. The van der Waals surface area contributed by atoms with Crippen molar-refractivity contribution in [3.63, 3.8) is 0 Å². The molecule has 3 amide bonds. The number of alkyl carbamates (subject to hydrolysis) is 1. The van der Waals surface area contributed by atoms with Crippen molar-refractivity contribution in [3.05, 3.63) is 71.8 Å². The van der Waals surface area contributed by atoms with E-state index < -0.39 is 29.2 Å². The van der Waals surface area contributed by atoms with E-state index in [4.69, 9.17) is 4.74 Å². The molecule has 0 bridgehead atoms. The van der Waals surface area contributed by atoms with Gasteiger partial charge < -0.3 is 20.3 Å². The van der Waals surface area contributed by atoms with E-state index in [0.29, 0.717) is 5.56 Å². The molecule has 0 heterocycles. The molecule has 0 spiro atoms. The molecule has 0 radical (unpaired) electrons. The molecule has 0 aliphatic rings. The van der Waals surface area contributed by atoms with Crippen molar-refractivity contribution in [2.75, 3.05) is 6.54 Å². The van der Waals surface area contributed by atoms with E-state index in [9.17, 15) is 14.4 Å². The summed E-state index contributed by atoms with van der Waals surface area (Å²) in [7, 11) is 0. The van der Waals surface area contributed by atoms with Gasteiger partial charge in [-0.25, -0.2) is 4.79 Å². The lowest BCUT2D eigenvalue weighted by atomic mass is 10.0. The van der Waals surface area contributed by atoms with Crippen LogP contribution in [-0.4, -0.2) is 40.5 Å². The van der Waals surface area contributed by atoms with E-state index in [0.717, 1.165) is 5.56 Å². The van der Waals surface area contributed by atoms with Crippen molar-refractivity contribution >= 4 is 17.9 Å². The van der Waals surface area contributed by atoms with E-state index >= 15 is 0 Å². The fraction of sp³-hybridized carbons (Fsp3) is 0.423. The van der Waals surface area contributed by atoms with E-state index in [1.807, 2.05) is 81.4 Å².